The minimum absolute atomic E-state index is 0.121. The van der Waals surface area contributed by atoms with Crippen molar-refractivity contribution < 1.29 is 5.11 Å². The first-order chi connectivity index (χ1) is 10.3. The maximum absolute atomic E-state index is 9.60. The summed E-state index contributed by atoms with van der Waals surface area (Å²) in [7, 11) is 0. The van der Waals surface area contributed by atoms with E-state index in [1.54, 1.807) is 0 Å². The van der Waals surface area contributed by atoms with Crippen molar-refractivity contribution in [3.63, 3.8) is 0 Å². The van der Waals surface area contributed by atoms with Crippen LogP contribution in [0.1, 0.15) is 41.2 Å². The van der Waals surface area contributed by atoms with Crippen LogP contribution in [-0.4, -0.2) is 11.7 Å². The lowest BCUT2D eigenvalue weighted by molar-refractivity contribution is 0.280. The molecule has 0 radical (unpaired) electrons. The molecular weight excluding hydrogens is 258 g/mol. The molecule has 21 heavy (non-hydrogen) atoms. The van der Waals surface area contributed by atoms with Gasteiger partial charge >= 0.3 is 0 Å². The Labute approximate surface area is 126 Å². The van der Waals surface area contributed by atoms with Crippen molar-refractivity contribution in [2.45, 2.75) is 39.2 Å². The van der Waals surface area contributed by atoms with Gasteiger partial charge in [0.15, 0.2) is 0 Å². The smallest absolute Gasteiger partial charge is 0.0684 e. The number of hydrogen-bond acceptors (Lipinski definition) is 2. The van der Waals surface area contributed by atoms with Crippen molar-refractivity contribution in [1.29, 1.82) is 0 Å². The van der Waals surface area contributed by atoms with Crippen LogP contribution in [0.2, 0.25) is 0 Å². The number of aliphatic hydroxyl groups is 1. The molecule has 1 aliphatic heterocycles. The van der Waals surface area contributed by atoms with Crippen LogP contribution >= 0.6 is 0 Å². The standard InChI is InChI=1S/C19H23NO/c1-2-15-5-3-6-17(13-21)18(15)12-14-8-9-19-16(11-14)7-4-10-20-19/h3,5-6,8-9,11,20-21H,2,4,7,10,12-13H2,1H3. The minimum atomic E-state index is 0.121. The molecule has 1 aliphatic rings. The Balaban J connectivity index is 1.93. The second kappa shape index (κ2) is 6.31. The number of anilines is 1. The fraction of sp³-hybridized carbons (Fsp3) is 0.368. The van der Waals surface area contributed by atoms with Gasteiger partial charge in [0.2, 0.25) is 0 Å². The molecule has 0 aliphatic carbocycles. The molecule has 0 saturated carbocycles. The maximum Gasteiger partial charge on any atom is 0.0684 e. The molecule has 2 nitrogen and oxygen atoms in total. The van der Waals surface area contributed by atoms with Crippen molar-refractivity contribution in [1.82, 2.24) is 0 Å². The highest BCUT2D eigenvalue weighted by atomic mass is 16.3. The Kier molecular flexibility index (Phi) is 4.26. The third-order valence-corrected chi connectivity index (χ3v) is 4.41. The normalized spacial score (nSPS) is 13.6. The first-order valence-corrected chi connectivity index (χ1v) is 7.88. The quantitative estimate of drug-likeness (QED) is 0.896. The van der Waals surface area contributed by atoms with Gasteiger partial charge in [-0.1, -0.05) is 37.3 Å². The van der Waals surface area contributed by atoms with Crippen LogP contribution in [-0.2, 0) is 25.9 Å². The number of aryl methyl sites for hydroxylation is 2. The highest BCUT2D eigenvalue weighted by Gasteiger charge is 2.11. The molecule has 0 aromatic heterocycles. The van der Waals surface area contributed by atoms with E-state index < -0.39 is 0 Å². The van der Waals surface area contributed by atoms with Gasteiger partial charge in [-0.25, -0.2) is 0 Å². The zero-order chi connectivity index (χ0) is 14.7. The van der Waals surface area contributed by atoms with Gasteiger partial charge in [-0.05, 0) is 59.6 Å². The first kappa shape index (κ1) is 14.2. The lowest BCUT2D eigenvalue weighted by Gasteiger charge is -2.19. The lowest BCUT2D eigenvalue weighted by atomic mass is 9.92. The molecule has 0 saturated heterocycles. The second-order valence-electron chi connectivity index (χ2n) is 5.77. The average molecular weight is 281 g/mol. The molecule has 0 spiro atoms. The number of benzene rings is 2. The van der Waals surface area contributed by atoms with Crippen molar-refractivity contribution in [2.75, 3.05) is 11.9 Å². The topological polar surface area (TPSA) is 32.3 Å². The van der Waals surface area contributed by atoms with Gasteiger partial charge in [0.1, 0.15) is 0 Å². The largest absolute Gasteiger partial charge is 0.392 e. The number of nitrogens with one attached hydrogen (secondary N) is 1. The summed E-state index contributed by atoms with van der Waals surface area (Å²) in [5.74, 6) is 0. The second-order valence-corrected chi connectivity index (χ2v) is 5.77. The zero-order valence-electron chi connectivity index (χ0n) is 12.7. The number of fused-ring (bicyclic) bond motifs is 1. The number of rotatable bonds is 4. The van der Waals surface area contributed by atoms with Crippen LogP contribution in [0.3, 0.4) is 0 Å². The molecule has 0 atom stereocenters. The van der Waals surface area contributed by atoms with E-state index in [1.165, 1.54) is 40.8 Å². The highest BCUT2D eigenvalue weighted by molar-refractivity contribution is 5.55. The van der Waals surface area contributed by atoms with Gasteiger partial charge in [-0.2, -0.15) is 0 Å². The number of hydrogen-bond donors (Lipinski definition) is 2. The Bertz CT molecular complexity index is 611. The van der Waals surface area contributed by atoms with E-state index in [1.807, 2.05) is 12.1 Å². The van der Waals surface area contributed by atoms with Gasteiger partial charge in [-0.3, -0.25) is 0 Å². The average Bonchev–Trinajstić information content (AvgIpc) is 2.55. The van der Waals surface area contributed by atoms with Crippen molar-refractivity contribution in [2.24, 2.45) is 0 Å². The van der Waals surface area contributed by atoms with Gasteiger partial charge < -0.3 is 10.4 Å². The molecule has 110 valence electrons. The van der Waals surface area contributed by atoms with E-state index in [9.17, 15) is 5.11 Å². The molecule has 2 aromatic rings. The summed E-state index contributed by atoms with van der Waals surface area (Å²) in [6, 6.07) is 13.0. The predicted octanol–water partition coefficient (Wildman–Crippen LogP) is 3.69. The fourth-order valence-electron chi connectivity index (χ4n) is 3.24. The Hall–Kier alpha value is -1.80. The minimum Gasteiger partial charge on any atom is -0.392 e. The Morgan fingerprint density at radius 2 is 2.00 bits per heavy atom. The van der Waals surface area contributed by atoms with E-state index in [0.29, 0.717) is 0 Å². The molecule has 2 aromatic carbocycles. The molecule has 0 unspecified atom stereocenters. The van der Waals surface area contributed by atoms with Gasteiger partial charge in [0, 0.05) is 12.2 Å². The van der Waals surface area contributed by atoms with Gasteiger partial charge in [0.05, 0.1) is 6.61 Å². The molecule has 0 bridgehead atoms. The molecule has 1 heterocycles. The fourth-order valence-corrected chi connectivity index (χ4v) is 3.24. The summed E-state index contributed by atoms with van der Waals surface area (Å²) in [6.45, 7) is 3.38. The van der Waals surface area contributed by atoms with Crippen LogP contribution < -0.4 is 5.32 Å². The first-order valence-electron chi connectivity index (χ1n) is 7.88. The van der Waals surface area contributed by atoms with E-state index in [2.05, 4.69) is 36.5 Å². The van der Waals surface area contributed by atoms with E-state index >= 15 is 0 Å². The van der Waals surface area contributed by atoms with E-state index in [4.69, 9.17) is 0 Å². The summed E-state index contributed by atoms with van der Waals surface area (Å²) in [5.41, 5.74) is 7.76. The lowest BCUT2D eigenvalue weighted by Crippen LogP contribution is -2.12. The summed E-state index contributed by atoms with van der Waals surface area (Å²) in [4.78, 5) is 0. The van der Waals surface area contributed by atoms with Crippen molar-refractivity contribution in [3.8, 4) is 0 Å². The predicted molar refractivity (Wildman–Crippen MR) is 87.8 cm³/mol. The zero-order valence-corrected chi connectivity index (χ0v) is 12.7. The molecule has 2 N–H and O–H groups in total. The van der Waals surface area contributed by atoms with Crippen LogP contribution in [0.15, 0.2) is 36.4 Å². The van der Waals surface area contributed by atoms with Crippen molar-refractivity contribution >= 4 is 5.69 Å². The molecular formula is C19H23NO. The summed E-state index contributed by atoms with van der Waals surface area (Å²) < 4.78 is 0. The SMILES string of the molecule is CCc1cccc(CO)c1Cc1ccc2c(c1)CCCN2. The number of aliphatic hydroxyl groups excluding tert-OH is 1. The van der Waals surface area contributed by atoms with E-state index in [0.717, 1.165) is 24.9 Å². The molecule has 3 rings (SSSR count). The summed E-state index contributed by atoms with van der Waals surface area (Å²) in [6.07, 6.45) is 4.30. The van der Waals surface area contributed by atoms with Gasteiger partial charge in [0.25, 0.3) is 0 Å². The third kappa shape index (κ3) is 2.96. The van der Waals surface area contributed by atoms with Crippen LogP contribution in [0.4, 0.5) is 5.69 Å². The van der Waals surface area contributed by atoms with Crippen LogP contribution in [0, 0.1) is 0 Å². The molecule has 0 amide bonds. The summed E-state index contributed by atoms with van der Waals surface area (Å²) in [5, 5.41) is 13.1. The monoisotopic (exact) mass is 281 g/mol. The Morgan fingerprint density at radius 1 is 1.14 bits per heavy atom. The molecule has 0 fully saturated rings. The molecule has 2 heteroatoms. The van der Waals surface area contributed by atoms with Crippen LogP contribution in [0.5, 0.6) is 0 Å². The summed E-state index contributed by atoms with van der Waals surface area (Å²) >= 11 is 0. The van der Waals surface area contributed by atoms with Crippen LogP contribution in [0.25, 0.3) is 0 Å². The van der Waals surface area contributed by atoms with E-state index in [-0.39, 0.29) is 6.61 Å². The highest BCUT2D eigenvalue weighted by Crippen LogP contribution is 2.26. The van der Waals surface area contributed by atoms with Crippen molar-refractivity contribution in [3.05, 3.63) is 64.2 Å². The Morgan fingerprint density at radius 3 is 2.81 bits per heavy atom. The van der Waals surface area contributed by atoms with Gasteiger partial charge in [-0.15, -0.1) is 0 Å². The maximum atomic E-state index is 9.60. The third-order valence-electron chi connectivity index (χ3n) is 4.41.